The van der Waals surface area contributed by atoms with Crippen molar-refractivity contribution in [1.82, 2.24) is 24.8 Å². The molecule has 0 saturated carbocycles. The maximum atomic E-state index is 13.9. The summed E-state index contributed by atoms with van der Waals surface area (Å²) in [5, 5.41) is 0. The molecule has 4 atom stereocenters. The van der Waals surface area contributed by atoms with Crippen molar-refractivity contribution in [2.75, 3.05) is 51.8 Å². The summed E-state index contributed by atoms with van der Waals surface area (Å²) in [4.78, 5) is 32.9. The summed E-state index contributed by atoms with van der Waals surface area (Å²) in [6.07, 6.45) is 8.11. The zero-order valence-corrected chi connectivity index (χ0v) is 22.7. The van der Waals surface area contributed by atoms with Crippen LogP contribution in [-0.4, -0.2) is 83.6 Å². The standard InChI is InChI=1S/C30H34N6O3/c1-17-19-15-20-21-14-18-4-5-22(38-3)27-24(18)30(20,6-9-34(21)2)28(39-27)26(19)33-25(17)29(37)36-12-10-35(11-13-36)23-16-31-7-8-32-23/h4-5,7-8,16,20-21,28,33H,6,9-15H2,1-3H3/t20?,21-,28-,30-/m0/s1. The van der Waals surface area contributed by atoms with Gasteiger partial charge in [0, 0.05) is 55.6 Å². The van der Waals surface area contributed by atoms with Crippen LogP contribution >= 0.6 is 0 Å². The number of carbonyl (C=O) groups excluding carboxylic acids is 1. The molecule has 2 bridgehead atoms. The molecule has 2 aliphatic carbocycles. The van der Waals surface area contributed by atoms with E-state index in [4.69, 9.17) is 9.47 Å². The summed E-state index contributed by atoms with van der Waals surface area (Å²) in [6, 6.07) is 4.78. The summed E-state index contributed by atoms with van der Waals surface area (Å²) in [5.41, 5.74) is 6.85. The van der Waals surface area contributed by atoms with Gasteiger partial charge < -0.3 is 29.2 Å². The van der Waals surface area contributed by atoms with Crippen molar-refractivity contribution in [3.05, 3.63) is 64.4 Å². The number of fused-ring (bicyclic) bond motifs is 2. The molecule has 3 aliphatic heterocycles. The maximum absolute atomic E-state index is 13.9. The van der Waals surface area contributed by atoms with Gasteiger partial charge in [0.05, 0.1) is 19.0 Å². The van der Waals surface area contributed by atoms with E-state index >= 15 is 0 Å². The van der Waals surface area contributed by atoms with Crippen LogP contribution in [0.3, 0.4) is 0 Å². The molecule has 39 heavy (non-hydrogen) atoms. The largest absolute Gasteiger partial charge is 0.493 e. The Morgan fingerprint density at radius 3 is 2.77 bits per heavy atom. The number of rotatable bonds is 3. The Hall–Kier alpha value is -3.59. The molecule has 1 N–H and O–H groups in total. The highest BCUT2D eigenvalue weighted by molar-refractivity contribution is 5.95. The lowest BCUT2D eigenvalue weighted by atomic mass is 9.51. The minimum atomic E-state index is -0.124. The van der Waals surface area contributed by atoms with E-state index in [1.165, 1.54) is 16.7 Å². The maximum Gasteiger partial charge on any atom is 0.270 e. The van der Waals surface area contributed by atoms with Gasteiger partial charge in [-0.05, 0) is 68.5 Å². The van der Waals surface area contributed by atoms with E-state index in [1.54, 1.807) is 25.7 Å². The predicted octanol–water partition coefficient (Wildman–Crippen LogP) is 2.89. The van der Waals surface area contributed by atoms with Crippen molar-refractivity contribution in [2.45, 2.75) is 43.7 Å². The summed E-state index contributed by atoms with van der Waals surface area (Å²) in [6.45, 7) is 5.97. The molecule has 5 heterocycles. The van der Waals surface area contributed by atoms with Crippen LogP contribution in [0.1, 0.15) is 51.0 Å². The van der Waals surface area contributed by atoms with Gasteiger partial charge in [-0.25, -0.2) is 4.98 Å². The van der Waals surface area contributed by atoms with Gasteiger partial charge in [0.25, 0.3) is 5.91 Å². The number of piperazine rings is 1. The number of ether oxygens (including phenoxy) is 2. The second kappa shape index (κ2) is 8.21. The molecule has 2 aromatic heterocycles. The van der Waals surface area contributed by atoms with Gasteiger partial charge >= 0.3 is 0 Å². The van der Waals surface area contributed by atoms with Crippen LogP contribution in [0.25, 0.3) is 0 Å². The number of hydrogen-bond acceptors (Lipinski definition) is 7. The van der Waals surface area contributed by atoms with E-state index < -0.39 is 0 Å². The molecule has 9 nitrogen and oxygen atoms in total. The summed E-state index contributed by atoms with van der Waals surface area (Å²) >= 11 is 0. The predicted molar refractivity (Wildman–Crippen MR) is 146 cm³/mol. The Balaban J connectivity index is 1.15. The van der Waals surface area contributed by atoms with Crippen LogP contribution in [0.5, 0.6) is 11.5 Å². The number of piperidine rings is 1. The highest BCUT2D eigenvalue weighted by Gasteiger charge is 2.65. The van der Waals surface area contributed by atoms with Gasteiger partial charge in [-0.3, -0.25) is 9.78 Å². The van der Waals surface area contributed by atoms with Crippen LogP contribution in [0, 0.1) is 12.8 Å². The number of likely N-dealkylation sites (N-methyl/N-ethyl adjacent to an activating group) is 1. The highest BCUT2D eigenvalue weighted by Crippen LogP contribution is 2.67. The average Bonchev–Trinajstić information content (AvgIpc) is 3.49. The van der Waals surface area contributed by atoms with Gasteiger partial charge in [0.1, 0.15) is 17.6 Å². The number of aromatic nitrogens is 3. The van der Waals surface area contributed by atoms with E-state index in [1.807, 2.05) is 4.90 Å². The first-order valence-electron chi connectivity index (χ1n) is 14.1. The van der Waals surface area contributed by atoms with Crippen molar-refractivity contribution in [3.8, 4) is 11.5 Å². The van der Waals surface area contributed by atoms with Crippen molar-refractivity contribution < 1.29 is 14.3 Å². The molecule has 8 rings (SSSR count). The lowest BCUT2D eigenvalue weighted by Gasteiger charge is -2.57. The first-order valence-corrected chi connectivity index (χ1v) is 14.1. The molecule has 2 saturated heterocycles. The van der Waals surface area contributed by atoms with E-state index in [2.05, 4.69) is 50.9 Å². The molecule has 0 radical (unpaired) electrons. The van der Waals surface area contributed by atoms with Crippen molar-refractivity contribution in [2.24, 2.45) is 5.92 Å². The molecule has 9 heteroatoms. The molecular formula is C30H34N6O3. The Labute approximate surface area is 228 Å². The first kappa shape index (κ1) is 23.3. The fraction of sp³-hybridized carbons (Fsp3) is 0.500. The topological polar surface area (TPSA) is 86.8 Å². The lowest BCUT2D eigenvalue weighted by Crippen LogP contribution is -2.62. The number of anilines is 1. The van der Waals surface area contributed by atoms with Gasteiger partial charge in [0.2, 0.25) is 0 Å². The van der Waals surface area contributed by atoms with Crippen molar-refractivity contribution >= 4 is 11.7 Å². The molecule has 5 aliphatic rings. The van der Waals surface area contributed by atoms with Crippen molar-refractivity contribution in [1.29, 1.82) is 0 Å². The number of nitrogens with one attached hydrogen (secondary N) is 1. The minimum absolute atomic E-state index is 0.0787. The van der Waals surface area contributed by atoms with E-state index in [0.29, 0.717) is 25.0 Å². The molecule has 1 unspecified atom stereocenters. The molecule has 202 valence electrons. The normalized spacial score (nSPS) is 28.5. The Bertz CT molecular complexity index is 1480. The number of hydrogen-bond donors (Lipinski definition) is 1. The number of nitrogens with zero attached hydrogens (tertiary/aromatic N) is 5. The Kier molecular flexibility index (Phi) is 4.91. The quantitative estimate of drug-likeness (QED) is 0.562. The Morgan fingerprint density at radius 1 is 1.15 bits per heavy atom. The number of methoxy groups -OCH3 is 1. The number of H-pyrrole nitrogens is 1. The van der Waals surface area contributed by atoms with E-state index in [-0.39, 0.29) is 17.4 Å². The summed E-state index contributed by atoms with van der Waals surface area (Å²) < 4.78 is 12.7. The van der Waals surface area contributed by atoms with Crippen LogP contribution < -0.4 is 14.4 Å². The van der Waals surface area contributed by atoms with Gasteiger partial charge in [0.15, 0.2) is 11.5 Å². The summed E-state index contributed by atoms with van der Waals surface area (Å²) in [7, 11) is 4.00. The van der Waals surface area contributed by atoms with Gasteiger partial charge in [-0.1, -0.05) is 6.07 Å². The van der Waals surface area contributed by atoms with E-state index in [0.717, 1.165) is 73.2 Å². The van der Waals surface area contributed by atoms with Crippen molar-refractivity contribution in [3.63, 3.8) is 0 Å². The highest BCUT2D eigenvalue weighted by atomic mass is 16.5. The zero-order chi connectivity index (χ0) is 26.5. The fourth-order valence-electron chi connectivity index (χ4n) is 8.40. The smallest absolute Gasteiger partial charge is 0.270 e. The van der Waals surface area contributed by atoms with Crippen LogP contribution in [0.4, 0.5) is 5.82 Å². The van der Waals surface area contributed by atoms with Crippen LogP contribution in [0.2, 0.25) is 0 Å². The van der Waals surface area contributed by atoms with Crippen LogP contribution in [0.15, 0.2) is 30.7 Å². The molecule has 3 aromatic rings. The first-order chi connectivity index (χ1) is 19.0. The third-order valence-corrected chi connectivity index (χ3v) is 10.3. The summed E-state index contributed by atoms with van der Waals surface area (Å²) in [5.74, 6) is 3.12. The number of benzene rings is 1. The third-order valence-electron chi connectivity index (χ3n) is 10.3. The molecular weight excluding hydrogens is 492 g/mol. The number of amides is 1. The zero-order valence-electron chi connectivity index (χ0n) is 22.7. The molecule has 2 fully saturated rings. The fourth-order valence-corrected chi connectivity index (χ4v) is 8.40. The number of carbonyl (C=O) groups is 1. The lowest BCUT2D eigenvalue weighted by molar-refractivity contribution is -0.0256. The van der Waals surface area contributed by atoms with Gasteiger partial charge in [-0.2, -0.15) is 0 Å². The second-order valence-electron chi connectivity index (χ2n) is 11.8. The molecule has 1 aromatic carbocycles. The SMILES string of the molecule is COc1ccc2c3c1O[C@H]1c4[nH]c(C(=O)N5CCN(c6cnccn6)CC5)c(C)c4CC4[C@H](C2)N(C)CC[C@@]341. The second-order valence-corrected chi connectivity index (χ2v) is 11.8. The Morgan fingerprint density at radius 2 is 2.00 bits per heavy atom. The minimum Gasteiger partial charge on any atom is -0.493 e. The van der Waals surface area contributed by atoms with Crippen LogP contribution in [-0.2, 0) is 18.3 Å². The number of aromatic amines is 1. The monoisotopic (exact) mass is 526 g/mol. The molecule has 1 amide bonds. The molecule has 1 spiro atoms. The van der Waals surface area contributed by atoms with Gasteiger partial charge in [-0.15, -0.1) is 0 Å². The number of likely N-dealkylation sites (tertiary alicyclic amines) is 1. The third kappa shape index (κ3) is 3.02. The van der Waals surface area contributed by atoms with E-state index in [9.17, 15) is 4.79 Å². The average molecular weight is 527 g/mol.